The Morgan fingerprint density at radius 2 is 1.96 bits per heavy atom. The summed E-state index contributed by atoms with van der Waals surface area (Å²) in [5.74, 6) is 1.79. The predicted molar refractivity (Wildman–Crippen MR) is 93.2 cm³/mol. The summed E-state index contributed by atoms with van der Waals surface area (Å²) < 4.78 is 5.22. The van der Waals surface area contributed by atoms with E-state index < -0.39 is 5.97 Å². The number of aliphatic carboxylic acids is 1. The second-order valence-electron chi connectivity index (χ2n) is 7.26. The molecule has 0 aromatic heterocycles. The van der Waals surface area contributed by atoms with Crippen molar-refractivity contribution in [3.05, 3.63) is 36.5 Å². The Bertz CT molecular complexity index is 546. The minimum Gasteiger partial charge on any atom is -0.478 e. The molecule has 6 atom stereocenters. The third kappa shape index (κ3) is 4.83. The highest BCUT2D eigenvalue weighted by atomic mass is 16.5. The van der Waals surface area contributed by atoms with Crippen molar-refractivity contribution in [3.8, 4) is 0 Å². The number of carboxylic acids is 1. The van der Waals surface area contributed by atoms with E-state index in [0.717, 1.165) is 18.9 Å². The zero-order valence-electron chi connectivity index (χ0n) is 14.7. The molecule has 2 aliphatic carbocycles. The van der Waals surface area contributed by atoms with Crippen LogP contribution in [0.15, 0.2) is 36.5 Å². The molecule has 0 bridgehead atoms. The SMILES string of the molecule is CC(=O)OC[C@H]1C[C@@H](C)[C@@H]2[C@@H](/C=C/C=C/C(=O)O)[C@@H](C)C=C[C@H]2C1. The average Bonchev–Trinajstić information content (AvgIpc) is 2.51. The van der Waals surface area contributed by atoms with E-state index in [-0.39, 0.29) is 5.97 Å². The lowest BCUT2D eigenvalue weighted by Crippen LogP contribution is -2.40. The van der Waals surface area contributed by atoms with Gasteiger partial charge in [-0.15, -0.1) is 0 Å². The molecule has 1 N–H and O–H groups in total. The fourth-order valence-electron chi connectivity index (χ4n) is 4.42. The maximum Gasteiger partial charge on any atom is 0.328 e. The minimum absolute atomic E-state index is 0.205. The van der Waals surface area contributed by atoms with E-state index >= 15 is 0 Å². The summed E-state index contributed by atoms with van der Waals surface area (Å²) in [4.78, 5) is 21.6. The molecule has 0 heterocycles. The van der Waals surface area contributed by atoms with Crippen LogP contribution in [0.4, 0.5) is 0 Å². The van der Waals surface area contributed by atoms with Crippen LogP contribution in [0.2, 0.25) is 0 Å². The van der Waals surface area contributed by atoms with Gasteiger partial charge in [0.2, 0.25) is 0 Å². The zero-order valence-corrected chi connectivity index (χ0v) is 14.7. The van der Waals surface area contributed by atoms with Gasteiger partial charge >= 0.3 is 11.9 Å². The second-order valence-corrected chi connectivity index (χ2v) is 7.26. The smallest absolute Gasteiger partial charge is 0.328 e. The summed E-state index contributed by atoms with van der Waals surface area (Å²) in [6.45, 7) is 6.49. The van der Waals surface area contributed by atoms with Crippen LogP contribution in [0.1, 0.15) is 33.6 Å². The molecule has 2 rings (SSSR count). The first-order chi connectivity index (χ1) is 11.4. The maximum absolute atomic E-state index is 11.0. The van der Waals surface area contributed by atoms with Crippen LogP contribution in [0.5, 0.6) is 0 Å². The van der Waals surface area contributed by atoms with E-state index in [2.05, 4.69) is 32.1 Å². The molecule has 0 saturated heterocycles. The number of hydrogen-bond acceptors (Lipinski definition) is 3. The van der Waals surface area contributed by atoms with Crippen molar-refractivity contribution in [3.63, 3.8) is 0 Å². The summed E-state index contributed by atoms with van der Waals surface area (Å²) >= 11 is 0. The van der Waals surface area contributed by atoms with Gasteiger partial charge in [0, 0.05) is 13.0 Å². The van der Waals surface area contributed by atoms with Crippen LogP contribution in [-0.2, 0) is 14.3 Å². The Labute approximate surface area is 144 Å². The molecule has 4 heteroatoms. The third-order valence-electron chi connectivity index (χ3n) is 5.38. The van der Waals surface area contributed by atoms with Crippen molar-refractivity contribution < 1.29 is 19.4 Å². The second kappa shape index (κ2) is 8.32. The van der Waals surface area contributed by atoms with Crippen LogP contribution < -0.4 is 0 Å². The molecular formula is C20H28O4. The Morgan fingerprint density at radius 1 is 1.21 bits per heavy atom. The fraction of sp³-hybridized carbons (Fsp3) is 0.600. The molecule has 132 valence electrons. The van der Waals surface area contributed by atoms with Gasteiger partial charge < -0.3 is 9.84 Å². The first kappa shape index (κ1) is 18.5. The molecule has 1 fully saturated rings. The Morgan fingerprint density at radius 3 is 2.62 bits per heavy atom. The van der Waals surface area contributed by atoms with Crippen molar-refractivity contribution in [1.82, 2.24) is 0 Å². The number of carboxylic acid groups (broad SMARTS) is 1. The summed E-state index contributed by atoms with van der Waals surface area (Å²) in [6, 6.07) is 0. The number of rotatable bonds is 5. The summed E-state index contributed by atoms with van der Waals surface area (Å²) in [5.41, 5.74) is 0. The van der Waals surface area contributed by atoms with Crippen LogP contribution in [0, 0.1) is 35.5 Å². The van der Waals surface area contributed by atoms with E-state index in [1.54, 1.807) is 6.08 Å². The van der Waals surface area contributed by atoms with Gasteiger partial charge in [-0.2, -0.15) is 0 Å². The quantitative estimate of drug-likeness (QED) is 0.359. The lowest BCUT2D eigenvalue weighted by atomic mass is 9.59. The molecule has 4 nitrogen and oxygen atoms in total. The van der Waals surface area contributed by atoms with Crippen LogP contribution in [0.25, 0.3) is 0 Å². The van der Waals surface area contributed by atoms with Crippen molar-refractivity contribution in [2.75, 3.05) is 6.61 Å². The van der Waals surface area contributed by atoms with Gasteiger partial charge in [0.1, 0.15) is 0 Å². The third-order valence-corrected chi connectivity index (χ3v) is 5.38. The van der Waals surface area contributed by atoms with Gasteiger partial charge in [0.05, 0.1) is 6.61 Å². The van der Waals surface area contributed by atoms with E-state index in [9.17, 15) is 9.59 Å². The van der Waals surface area contributed by atoms with Crippen LogP contribution in [-0.4, -0.2) is 23.7 Å². The molecule has 0 aromatic carbocycles. The van der Waals surface area contributed by atoms with E-state index in [0.29, 0.717) is 42.1 Å². The number of fused-ring (bicyclic) bond motifs is 1. The molecule has 0 amide bonds. The summed E-state index contributed by atoms with van der Waals surface area (Å²) in [7, 11) is 0. The molecule has 1 saturated carbocycles. The zero-order chi connectivity index (χ0) is 17.7. The normalized spacial score (nSPS) is 36.0. The molecule has 0 aliphatic heterocycles. The highest BCUT2D eigenvalue weighted by Crippen LogP contribution is 2.48. The van der Waals surface area contributed by atoms with Crippen molar-refractivity contribution in [1.29, 1.82) is 0 Å². The molecular weight excluding hydrogens is 304 g/mol. The van der Waals surface area contributed by atoms with Crippen molar-refractivity contribution >= 4 is 11.9 Å². The number of hydrogen-bond donors (Lipinski definition) is 1. The molecule has 0 spiro atoms. The van der Waals surface area contributed by atoms with E-state index in [1.165, 1.54) is 6.92 Å². The fourth-order valence-corrected chi connectivity index (χ4v) is 4.42. The van der Waals surface area contributed by atoms with Crippen molar-refractivity contribution in [2.24, 2.45) is 35.5 Å². The summed E-state index contributed by atoms with van der Waals surface area (Å²) in [5, 5.41) is 8.68. The predicted octanol–water partition coefficient (Wildman–Crippen LogP) is 3.85. The standard InChI is InChI=1S/C20H28O4/c1-13-8-9-17-11-16(12-24-15(3)21)10-14(2)20(17)18(13)6-4-5-7-19(22)23/h4-9,13-14,16-18,20H,10-12H2,1-3H3,(H,22,23)/b6-4+,7-5+/t13-,14+,16-,17-,18-,20-/m0/s1. The topological polar surface area (TPSA) is 63.6 Å². The highest BCUT2D eigenvalue weighted by Gasteiger charge is 2.41. The average molecular weight is 332 g/mol. The number of allylic oxidation sites excluding steroid dienone is 5. The lowest BCUT2D eigenvalue weighted by Gasteiger charge is -2.46. The molecule has 2 aliphatic rings. The largest absolute Gasteiger partial charge is 0.478 e. The Balaban J connectivity index is 2.07. The summed E-state index contributed by atoms with van der Waals surface area (Å²) in [6.07, 6.45) is 13.5. The van der Waals surface area contributed by atoms with Crippen LogP contribution in [0.3, 0.4) is 0 Å². The number of ether oxygens (including phenoxy) is 1. The number of carbonyl (C=O) groups is 2. The van der Waals surface area contributed by atoms with Gasteiger partial charge in [-0.3, -0.25) is 4.79 Å². The first-order valence-electron chi connectivity index (χ1n) is 8.78. The molecule has 0 radical (unpaired) electrons. The maximum atomic E-state index is 11.0. The number of carbonyl (C=O) groups excluding carboxylic acids is 1. The monoisotopic (exact) mass is 332 g/mol. The van der Waals surface area contributed by atoms with Crippen molar-refractivity contribution in [2.45, 2.75) is 33.6 Å². The molecule has 0 unspecified atom stereocenters. The van der Waals surface area contributed by atoms with Crippen LogP contribution >= 0.6 is 0 Å². The molecule has 0 aromatic rings. The minimum atomic E-state index is -0.923. The van der Waals surface area contributed by atoms with Gasteiger partial charge in [-0.25, -0.2) is 4.79 Å². The molecule has 24 heavy (non-hydrogen) atoms. The van der Waals surface area contributed by atoms with Gasteiger partial charge in [0.25, 0.3) is 0 Å². The van der Waals surface area contributed by atoms with E-state index in [4.69, 9.17) is 9.84 Å². The van der Waals surface area contributed by atoms with Gasteiger partial charge in [-0.05, 0) is 48.3 Å². The van der Waals surface area contributed by atoms with E-state index in [1.807, 2.05) is 6.08 Å². The van der Waals surface area contributed by atoms with Gasteiger partial charge in [0.15, 0.2) is 0 Å². The Kier molecular flexibility index (Phi) is 6.41. The Hall–Kier alpha value is -1.84. The first-order valence-corrected chi connectivity index (χ1v) is 8.78. The number of esters is 1. The highest BCUT2D eigenvalue weighted by molar-refractivity contribution is 5.80. The lowest BCUT2D eigenvalue weighted by molar-refractivity contribution is -0.143. The van der Waals surface area contributed by atoms with Gasteiger partial charge in [-0.1, -0.05) is 44.2 Å².